The number of rotatable bonds is 4. The van der Waals surface area contributed by atoms with E-state index in [4.69, 9.17) is 10.00 Å². The van der Waals surface area contributed by atoms with Gasteiger partial charge in [0.2, 0.25) is 0 Å². The zero-order valence-electron chi connectivity index (χ0n) is 10.8. The van der Waals surface area contributed by atoms with E-state index in [1.165, 1.54) is 0 Å². The predicted molar refractivity (Wildman–Crippen MR) is 68.2 cm³/mol. The van der Waals surface area contributed by atoms with Crippen molar-refractivity contribution in [2.24, 2.45) is 0 Å². The number of nitrogens with zero attached hydrogens (tertiary/aromatic N) is 1. The van der Waals surface area contributed by atoms with Crippen molar-refractivity contribution < 1.29 is 14.3 Å². The molecule has 0 aliphatic heterocycles. The quantitative estimate of drug-likeness (QED) is 0.610. The third kappa shape index (κ3) is 4.32. The smallest absolute Gasteiger partial charge is 0.310 e. The van der Waals surface area contributed by atoms with Crippen molar-refractivity contribution in [3.63, 3.8) is 0 Å². The summed E-state index contributed by atoms with van der Waals surface area (Å²) in [7, 11) is 1.57. The fraction of sp³-hybridized carbons (Fsp3) is 0.308. The first-order chi connectivity index (χ1) is 9.08. The Morgan fingerprint density at radius 1 is 1.32 bits per heavy atom. The molecule has 1 rings (SSSR count). The molecule has 2 amide bonds. The lowest BCUT2D eigenvalue weighted by molar-refractivity contribution is -0.139. The first-order valence-electron chi connectivity index (χ1n) is 5.68. The zero-order chi connectivity index (χ0) is 14.3. The number of amides is 2. The molecule has 0 saturated carbocycles. The lowest BCUT2D eigenvalue weighted by atomic mass is 10.1. The Balaban J connectivity index is 2.58. The van der Waals surface area contributed by atoms with E-state index in [-0.39, 0.29) is 12.6 Å². The molecule has 6 nitrogen and oxygen atoms in total. The number of carbonyl (C=O) groups excluding carboxylic acids is 2. The summed E-state index contributed by atoms with van der Waals surface area (Å²) in [4.78, 5) is 22.8. The number of carbonyl (C=O) groups is 2. The van der Waals surface area contributed by atoms with Crippen LogP contribution in [0.3, 0.4) is 0 Å². The Morgan fingerprint density at radius 3 is 2.47 bits per heavy atom. The van der Waals surface area contributed by atoms with Crippen molar-refractivity contribution >= 4 is 11.8 Å². The monoisotopic (exact) mass is 261 g/mol. The van der Waals surface area contributed by atoms with Gasteiger partial charge in [0.1, 0.15) is 12.3 Å². The maximum atomic E-state index is 11.5. The van der Waals surface area contributed by atoms with Crippen LogP contribution < -0.4 is 15.4 Å². The van der Waals surface area contributed by atoms with E-state index >= 15 is 0 Å². The number of hydrogen-bond donors (Lipinski definition) is 2. The van der Waals surface area contributed by atoms with E-state index in [1.54, 1.807) is 44.4 Å². The van der Waals surface area contributed by atoms with Crippen LogP contribution in [-0.2, 0) is 9.59 Å². The second-order valence-electron chi connectivity index (χ2n) is 3.81. The Kier molecular flexibility index (Phi) is 5.35. The van der Waals surface area contributed by atoms with Gasteiger partial charge in [0, 0.05) is 0 Å². The first-order valence-corrected chi connectivity index (χ1v) is 5.68. The molecular formula is C13H15N3O3. The molecule has 2 N–H and O–H groups in total. The molecule has 19 heavy (non-hydrogen) atoms. The lowest BCUT2D eigenvalue weighted by Gasteiger charge is -2.14. The average molecular weight is 261 g/mol. The molecule has 1 unspecified atom stereocenters. The molecule has 0 aliphatic carbocycles. The predicted octanol–water partition coefficient (Wildman–Crippen LogP) is 0.512. The highest BCUT2D eigenvalue weighted by Crippen LogP contribution is 2.16. The van der Waals surface area contributed by atoms with Crippen LogP contribution in [0, 0.1) is 11.3 Å². The van der Waals surface area contributed by atoms with Crippen LogP contribution in [-0.4, -0.2) is 25.5 Å². The second-order valence-corrected chi connectivity index (χ2v) is 3.81. The zero-order valence-corrected chi connectivity index (χ0v) is 10.8. The third-order valence-electron chi connectivity index (χ3n) is 2.50. The van der Waals surface area contributed by atoms with Crippen molar-refractivity contribution in [3.05, 3.63) is 29.8 Å². The van der Waals surface area contributed by atoms with Crippen molar-refractivity contribution in [3.8, 4) is 11.8 Å². The Labute approximate surface area is 111 Å². The van der Waals surface area contributed by atoms with E-state index in [1.807, 2.05) is 0 Å². The van der Waals surface area contributed by atoms with Gasteiger partial charge >= 0.3 is 11.8 Å². The van der Waals surface area contributed by atoms with Gasteiger partial charge in [0.15, 0.2) is 0 Å². The summed E-state index contributed by atoms with van der Waals surface area (Å²) in [6.45, 7) is 1.57. The lowest BCUT2D eigenvalue weighted by Crippen LogP contribution is -2.41. The topological polar surface area (TPSA) is 91.2 Å². The van der Waals surface area contributed by atoms with Crippen LogP contribution in [0.15, 0.2) is 24.3 Å². The minimum atomic E-state index is -0.818. The number of nitrogens with one attached hydrogen (secondary N) is 2. The molecule has 6 heteroatoms. The molecule has 1 aromatic carbocycles. The molecule has 0 heterocycles. The van der Waals surface area contributed by atoms with E-state index < -0.39 is 11.8 Å². The van der Waals surface area contributed by atoms with E-state index in [2.05, 4.69) is 10.6 Å². The second kappa shape index (κ2) is 7.01. The highest BCUT2D eigenvalue weighted by Gasteiger charge is 2.16. The van der Waals surface area contributed by atoms with Crippen LogP contribution >= 0.6 is 0 Å². The summed E-state index contributed by atoms with van der Waals surface area (Å²) in [5, 5.41) is 13.0. The SMILES string of the molecule is COc1ccc(C(C)NC(=O)C(=O)NCC#N)cc1. The molecule has 0 bridgehead atoms. The Hall–Kier alpha value is -2.55. The van der Waals surface area contributed by atoms with Gasteiger partial charge in [-0.2, -0.15) is 5.26 Å². The van der Waals surface area contributed by atoms with E-state index in [0.29, 0.717) is 5.75 Å². The number of nitriles is 1. The number of ether oxygens (including phenoxy) is 1. The molecule has 0 spiro atoms. The van der Waals surface area contributed by atoms with Crippen LogP contribution in [0.2, 0.25) is 0 Å². The van der Waals surface area contributed by atoms with E-state index in [0.717, 1.165) is 5.56 Å². The molecule has 0 fully saturated rings. The average Bonchev–Trinajstić information content (AvgIpc) is 2.44. The third-order valence-corrected chi connectivity index (χ3v) is 2.50. The van der Waals surface area contributed by atoms with Gasteiger partial charge in [-0.3, -0.25) is 9.59 Å². The van der Waals surface area contributed by atoms with Crippen LogP contribution in [0.5, 0.6) is 5.75 Å². The fourth-order valence-corrected chi connectivity index (χ4v) is 1.44. The Bertz CT molecular complexity index is 491. The van der Waals surface area contributed by atoms with Crippen molar-refractivity contribution in [2.45, 2.75) is 13.0 Å². The number of methoxy groups -OCH3 is 1. The van der Waals surface area contributed by atoms with Crippen molar-refractivity contribution in [1.82, 2.24) is 10.6 Å². The number of benzene rings is 1. The van der Waals surface area contributed by atoms with Crippen molar-refractivity contribution in [2.75, 3.05) is 13.7 Å². The van der Waals surface area contributed by atoms with E-state index in [9.17, 15) is 9.59 Å². The normalized spacial score (nSPS) is 11.0. The molecular weight excluding hydrogens is 246 g/mol. The summed E-state index contributed by atoms with van der Waals surface area (Å²) < 4.78 is 5.03. The molecule has 100 valence electrons. The summed E-state index contributed by atoms with van der Waals surface area (Å²) >= 11 is 0. The molecule has 0 aromatic heterocycles. The molecule has 0 saturated heterocycles. The van der Waals surface area contributed by atoms with Gasteiger partial charge in [0.05, 0.1) is 19.2 Å². The summed E-state index contributed by atoms with van der Waals surface area (Å²) in [6.07, 6.45) is 0. The van der Waals surface area contributed by atoms with Crippen molar-refractivity contribution in [1.29, 1.82) is 5.26 Å². The van der Waals surface area contributed by atoms with Crippen LogP contribution in [0.4, 0.5) is 0 Å². The summed E-state index contributed by atoms with van der Waals surface area (Å²) in [5.41, 5.74) is 0.849. The minimum absolute atomic E-state index is 0.191. The number of hydrogen-bond acceptors (Lipinski definition) is 4. The van der Waals surface area contributed by atoms with Gasteiger partial charge < -0.3 is 15.4 Å². The maximum Gasteiger partial charge on any atom is 0.310 e. The summed E-state index contributed by atoms with van der Waals surface area (Å²) in [6, 6.07) is 8.56. The van der Waals surface area contributed by atoms with Gasteiger partial charge in [-0.25, -0.2) is 0 Å². The van der Waals surface area contributed by atoms with Gasteiger partial charge in [-0.05, 0) is 24.6 Å². The molecule has 1 atom stereocenters. The van der Waals surface area contributed by atoms with Gasteiger partial charge in [-0.1, -0.05) is 12.1 Å². The first kappa shape index (κ1) is 14.5. The van der Waals surface area contributed by atoms with Crippen LogP contribution in [0.25, 0.3) is 0 Å². The summed E-state index contributed by atoms with van der Waals surface area (Å²) in [5.74, 6) is -0.866. The highest BCUT2D eigenvalue weighted by molar-refractivity contribution is 6.35. The Morgan fingerprint density at radius 2 is 1.95 bits per heavy atom. The molecule has 0 radical (unpaired) electrons. The largest absolute Gasteiger partial charge is 0.497 e. The van der Waals surface area contributed by atoms with Gasteiger partial charge in [0.25, 0.3) is 0 Å². The molecule has 1 aromatic rings. The highest BCUT2D eigenvalue weighted by atomic mass is 16.5. The maximum absolute atomic E-state index is 11.5. The fourth-order valence-electron chi connectivity index (χ4n) is 1.44. The van der Waals surface area contributed by atoms with Gasteiger partial charge in [-0.15, -0.1) is 0 Å². The standard InChI is InChI=1S/C13H15N3O3/c1-9(10-3-5-11(19-2)6-4-10)16-13(18)12(17)15-8-7-14/h3-6,9H,8H2,1-2H3,(H,15,17)(H,16,18). The molecule has 0 aliphatic rings. The van der Waals surface area contributed by atoms with Crippen LogP contribution in [0.1, 0.15) is 18.5 Å². The minimum Gasteiger partial charge on any atom is -0.497 e.